The lowest BCUT2D eigenvalue weighted by atomic mass is 10.0. The van der Waals surface area contributed by atoms with Gasteiger partial charge < -0.3 is 15.2 Å². The third-order valence-corrected chi connectivity index (χ3v) is 5.52. The third kappa shape index (κ3) is 5.07. The number of nitrogens with two attached hydrogens (primary N) is 1. The van der Waals surface area contributed by atoms with Gasteiger partial charge in [-0.25, -0.2) is 8.78 Å². The Morgan fingerprint density at radius 3 is 1.97 bits per heavy atom. The second kappa shape index (κ2) is 10.0. The van der Waals surface area contributed by atoms with E-state index in [-0.39, 0.29) is 23.2 Å². The molecule has 0 aliphatic carbocycles. The Labute approximate surface area is 198 Å². The highest BCUT2D eigenvalue weighted by Gasteiger charge is 2.21. The highest BCUT2D eigenvalue weighted by atomic mass is 19.1. The van der Waals surface area contributed by atoms with Crippen LogP contribution in [0.15, 0.2) is 72.8 Å². The number of aromatic nitrogens is 1. The summed E-state index contributed by atoms with van der Waals surface area (Å²) in [6.07, 6.45) is 0. The van der Waals surface area contributed by atoms with Gasteiger partial charge in [0.2, 0.25) is 0 Å². The van der Waals surface area contributed by atoms with E-state index in [4.69, 9.17) is 15.2 Å². The number of ether oxygens (including phenoxy) is 2. The predicted octanol–water partition coefficient (Wildman–Crippen LogP) is 7.50. The van der Waals surface area contributed by atoms with Crippen molar-refractivity contribution in [3.8, 4) is 34.4 Å². The standard InChI is InChI=1S/C28H26F2N2O2/c1-17(2)20-8-5-11-23(14-20)33-27-25(29)18(3)26(30)28(32-27)34-24-12-6-10-22(15-24)21-9-4-7-19(13-21)16-31/h4-15,17H,16,31H2,1-3H3. The SMILES string of the molecule is Cc1c(F)c(Oc2cccc(-c3cccc(CN)c3)c2)nc(Oc2cccc(C(C)C)c2)c1F. The molecule has 0 aliphatic heterocycles. The van der Waals surface area contributed by atoms with Crippen molar-refractivity contribution in [1.29, 1.82) is 0 Å². The number of nitrogens with zero attached hydrogens (tertiary/aromatic N) is 1. The fourth-order valence-corrected chi connectivity index (χ4v) is 3.52. The molecule has 3 aromatic carbocycles. The minimum absolute atomic E-state index is 0.230. The van der Waals surface area contributed by atoms with Crippen LogP contribution in [0, 0.1) is 18.6 Å². The largest absolute Gasteiger partial charge is 0.436 e. The minimum atomic E-state index is -0.878. The van der Waals surface area contributed by atoms with Gasteiger partial charge in [0.25, 0.3) is 11.8 Å². The van der Waals surface area contributed by atoms with E-state index in [1.165, 1.54) is 6.92 Å². The molecule has 4 nitrogen and oxygen atoms in total. The molecule has 0 saturated carbocycles. The molecule has 0 amide bonds. The van der Waals surface area contributed by atoms with Gasteiger partial charge in [0.15, 0.2) is 11.6 Å². The van der Waals surface area contributed by atoms with E-state index in [1.54, 1.807) is 24.3 Å². The molecule has 2 N–H and O–H groups in total. The van der Waals surface area contributed by atoms with E-state index in [9.17, 15) is 8.78 Å². The Morgan fingerprint density at radius 1 is 0.794 bits per heavy atom. The molecule has 0 fully saturated rings. The van der Waals surface area contributed by atoms with Crippen molar-refractivity contribution in [3.63, 3.8) is 0 Å². The molecule has 0 bridgehead atoms. The smallest absolute Gasteiger partial charge is 0.259 e. The zero-order chi connectivity index (χ0) is 24.2. The van der Waals surface area contributed by atoms with Gasteiger partial charge in [-0.1, -0.05) is 56.3 Å². The van der Waals surface area contributed by atoms with Gasteiger partial charge in [0, 0.05) is 12.1 Å². The molecule has 0 atom stereocenters. The van der Waals surface area contributed by atoms with Gasteiger partial charge in [0.05, 0.1) is 0 Å². The summed E-state index contributed by atoms with van der Waals surface area (Å²) in [6, 6.07) is 22.3. The normalized spacial score (nSPS) is 11.0. The van der Waals surface area contributed by atoms with Crippen molar-refractivity contribution >= 4 is 0 Å². The maximum absolute atomic E-state index is 14.9. The van der Waals surface area contributed by atoms with Crippen LogP contribution in [0.25, 0.3) is 11.1 Å². The zero-order valence-electron chi connectivity index (χ0n) is 19.3. The molecule has 1 aromatic heterocycles. The molecule has 6 heteroatoms. The summed E-state index contributed by atoms with van der Waals surface area (Å²) in [4.78, 5) is 4.02. The van der Waals surface area contributed by atoms with Gasteiger partial charge in [-0.3, -0.25) is 0 Å². The molecule has 0 unspecified atom stereocenters. The fourth-order valence-electron chi connectivity index (χ4n) is 3.52. The Hall–Kier alpha value is -3.77. The first kappa shape index (κ1) is 23.4. The zero-order valence-corrected chi connectivity index (χ0v) is 19.3. The molecular weight excluding hydrogens is 434 g/mol. The van der Waals surface area contributed by atoms with Crippen LogP contribution < -0.4 is 15.2 Å². The number of pyridine rings is 1. The molecular formula is C28H26F2N2O2. The summed E-state index contributed by atoms with van der Waals surface area (Å²) in [7, 11) is 0. The Kier molecular flexibility index (Phi) is 6.89. The van der Waals surface area contributed by atoms with Crippen LogP contribution in [-0.2, 0) is 6.54 Å². The van der Waals surface area contributed by atoms with E-state index in [0.717, 1.165) is 22.3 Å². The summed E-state index contributed by atoms with van der Waals surface area (Å²) in [5.74, 6) is -1.41. The quantitative estimate of drug-likeness (QED) is 0.310. The van der Waals surface area contributed by atoms with Crippen molar-refractivity contribution in [1.82, 2.24) is 4.98 Å². The van der Waals surface area contributed by atoms with Gasteiger partial charge >= 0.3 is 0 Å². The number of rotatable bonds is 7. The van der Waals surface area contributed by atoms with Gasteiger partial charge in [-0.2, -0.15) is 4.98 Å². The first-order valence-corrected chi connectivity index (χ1v) is 11.1. The number of hydrogen-bond donors (Lipinski definition) is 1. The Morgan fingerprint density at radius 2 is 1.35 bits per heavy atom. The lowest BCUT2D eigenvalue weighted by Crippen LogP contribution is -2.02. The molecule has 174 valence electrons. The van der Waals surface area contributed by atoms with E-state index in [1.807, 2.05) is 62.4 Å². The summed E-state index contributed by atoms with van der Waals surface area (Å²) in [6.45, 7) is 5.85. The molecule has 34 heavy (non-hydrogen) atoms. The molecule has 0 aliphatic rings. The lowest BCUT2D eigenvalue weighted by molar-refractivity contribution is 0.372. The number of hydrogen-bond acceptors (Lipinski definition) is 4. The number of benzene rings is 3. The monoisotopic (exact) mass is 460 g/mol. The Balaban J connectivity index is 1.65. The number of halogens is 2. The first-order chi connectivity index (χ1) is 16.4. The van der Waals surface area contributed by atoms with Gasteiger partial charge in [-0.05, 0) is 65.4 Å². The molecule has 0 spiro atoms. The fraction of sp³-hybridized carbons (Fsp3) is 0.179. The van der Waals surface area contributed by atoms with Gasteiger partial charge in [0.1, 0.15) is 11.5 Å². The van der Waals surface area contributed by atoms with Crippen LogP contribution in [0.5, 0.6) is 23.3 Å². The maximum Gasteiger partial charge on any atom is 0.259 e. The first-order valence-electron chi connectivity index (χ1n) is 11.1. The third-order valence-electron chi connectivity index (χ3n) is 5.52. The van der Waals surface area contributed by atoms with Crippen molar-refractivity contribution in [2.24, 2.45) is 5.73 Å². The van der Waals surface area contributed by atoms with Crippen LogP contribution in [-0.4, -0.2) is 4.98 Å². The average molecular weight is 461 g/mol. The summed E-state index contributed by atoms with van der Waals surface area (Å²) in [5, 5.41) is 0. The van der Waals surface area contributed by atoms with Crippen molar-refractivity contribution in [2.75, 3.05) is 0 Å². The predicted molar refractivity (Wildman–Crippen MR) is 129 cm³/mol. The highest BCUT2D eigenvalue weighted by Crippen LogP contribution is 2.34. The lowest BCUT2D eigenvalue weighted by Gasteiger charge is -2.14. The summed E-state index contributed by atoms with van der Waals surface area (Å²) in [5.41, 5.74) is 9.36. The minimum Gasteiger partial charge on any atom is -0.436 e. The van der Waals surface area contributed by atoms with E-state index in [0.29, 0.717) is 18.0 Å². The van der Waals surface area contributed by atoms with E-state index >= 15 is 0 Å². The molecule has 0 saturated heterocycles. The second-order valence-electron chi connectivity index (χ2n) is 8.34. The van der Waals surface area contributed by atoms with Crippen LogP contribution in [0.4, 0.5) is 8.78 Å². The summed E-state index contributed by atoms with van der Waals surface area (Å²) >= 11 is 0. The molecule has 0 radical (unpaired) electrons. The van der Waals surface area contributed by atoms with E-state index < -0.39 is 11.6 Å². The second-order valence-corrected chi connectivity index (χ2v) is 8.34. The van der Waals surface area contributed by atoms with Crippen molar-refractivity contribution < 1.29 is 18.3 Å². The van der Waals surface area contributed by atoms with Crippen LogP contribution in [0.1, 0.15) is 36.5 Å². The molecule has 4 rings (SSSR count). The van der Waals surface area contributed by atoms with Gasteiger partial charge in [-0.15, -0.1) is 0 Å². The van der Waals surface area contributed by atoms with Crippen LogP contribution in [0.3, 0.4) is 0 Å². The highest BCUT2D eigenvalue weighted by molar-refractivity contribution is 5.66. The van der Waals surface area contributed by atoms with Crippen LogP contribution in [0.2, 0.25) is 0 Å². The summed E-state index contributed by atoms with van der Waals surface area (Å²) < 4.78 is 41.1. The van der Waals surface area contributed by atoms with Crippen molar-refractivity contribution in [2.45, 2.75) is 33.2 Å². The molecule has 4 aromatic rings. The van der Waals surface area contributed by atoms with Crippen molar-refractivity contribution in [3.05, 3.63) is 101 Å². The average Bonchev–Trinajstić information content (AvgIpc) is 2.86. The maximum atomic E-state index is 14.9. The Bertz CT molecular complexity index is 1320. The van der Waals surface area contributed by atoms with E-state index in [2.05, 4.69) is 4.98 Å². The topological polar surface area (TPSA) is 57.4 Å². The molecule has 1 heterocycles. The van der Waals surface area contributed by atoms with Crippen LogP contribution >= 0.6 is 0 Å².